The summed E-state index contributed by atoms with van der Waals surface area (Å²) < 4.78 is 5.78. The topological polar surface area (TPSA) is 79.0 Å². The zero-order valence-corrected chi connectivity index (χ0v) is 20.9. The van der Waals surface area contributed by atoms with E-state index in [4.69, 9.17) is 16.3 Å². The maximum Gasteiger partial charge on any atom is 0.283 e. The number of hydrogen-bond donors (Lipinski definition) is 1. The Bertz CT molecular complexity index is 1350. The maximum absolute atomic E-state index is 13.2. The van der Waals surface area contributed by atoms with E-state index >= 15 is 0 Å². The summed E-state index contributed by atoms with van der Waals surface area (Å²) in [6.07, 6.45) is 4.26. The first-order chi connectivity index (χ1) is 18.0. The number of ether oxygens (including phenoxy) is 1. The number of hydrogen-bond acceptors (Lipinski definition) is 5. The number of nitrogens with one attached hydrogen (secondary N) is 1. The van der Waals surface area contributed by atoms with Crippen molar-refractivity contribution in [3.8, 4) is 11.5 Å². The number of amides is 3. The molecule has 8 heteroatoms. The zero-order chi connectivity index (χ0) is 25.8. The molecular formula is C29H26ClN3O4. The Morgan fingerprint density at radius 3 is 2.16 bits per heavy atom. The maximum atomic E-state index is 13.2. The lowest BCUT2D eigenvalue weighted by atomic mass is 10.1. The van der Waals surface area contributed by atoms with Gasteiger partial charge in [-0.2, -0.15) is 0 Å². The number of halogens is 1. The van der Waals surface area contributed by atoms with Crippen molar-refractivity contribution in [2.75, 3.05) is 23.3 Å². The summed E-state index contributed by atoms with van der Waals surface area (Å²) >= 11 is 6.30. The zero-order valence-electron chi connectivity index (χ0n) is 20.2. The van der Waals surface area contributed by atoms with Gasteiger partial charge in [0.1, 0.15) is 22.2 Å². The van der Waals surface area contributed by atoms with Crippen LogP contribution in [0.4, 0.5) is 11.4 Å². The average Bonchev–Trinajstić information content (AvgIpc) is 3.12. The standard InChI is InChI=1S/C29H26ClN3O4/c30-25-26(31-21-10-8-9-20(19-21)27(34)32-17-6-1-2-7-18-32)29(36)33(28(25)35)22-13-15-24(16-14-22)37-23-11-4-3-5-12-23/h3-5,8-16,19,31H,1-2,6-7,17-18H2. The Hall–Kier alpha value is -4.10. The van der Waals surface area contributed by atoms with Gasteiger partial charge in [0.15, 0.2) is 0 Å². The lowest BCUT2D eigenvalue weighted by Gasteiger charge is -2.20. The molecule has 2 heterocycles. The number of carbonyl (C=O) groups is 3. The molecule has 37 heavy (non-hydrogen) atoms. The minimum Gasteiger partial charge on any atom is -0.457 e. The SMILES string of the molecule is O=C(c1cccc(NC2=C(Cl)C(=O)N(c3ccc(Oc4ccccc4)cc3)C2=O)c1)N1CCCCCC1. The summed E-state index contributed by atoms with van der Waals surface area (Å²) in [5.41, 5.74) is 1.36. The molecule has 5 rings (SSSR count). The van der Waals surface area contributed by atoms with Crippen molar-refractivity contribution in [1.82, 2.24) is 4.90 Å². The van der Waals surface area contributed by atoms with Crippen LogP contribution in [0.5, 0.6) is 11.5 Å². The minimum atomic E-state index is -0.623. The smallest absolute Gasteiger partial charge is 0.283 e. The van der Waals surface area contributed by atoms with Crippen molar-refractivity contribution in [3.05, 3.63) is 95.2 Å². The van der Waals surface area contributed by atoms with Crippen LogP contribution in [-0.4, -0.2) is 35.7 Å². The second-order valence-electron chi connectivity index (χ2n) is 8.96. The van der Waals surface area contributed by atoms with E-state index in [1.165, 1.54) is 0 Å². The molecule has 0 bridgehead atoms. The minimum absolute atomic E-state index is 0.0318. The molecule has 188 valence electrons. The summed E-state index contributed by atoms with van der Waals surface area (Å²) in [5, 5.41) is 2.76. The van der Waals surface area contributed by atoms with Crippen LogP contribution < -0.4 is 15.0 Å². The summed E-state index contributed by atoms with van der Waals surface area (Å²) in [6, 6.07) is 22.8. The Kier molecular flexibility index (Phi) is 7.23. The Morgan fingerprint density at radius 1 is 0.784 bits per heavy atom. The van der Waals surface area contributed by atoms with Crippen LogP contribution in [-0.2, 0) is 9.59 Å². The van der Waals surface area contributed by atoms with Gasteiger partial charge in [-0.1, -0.05) is 48.7 Å². The van der Waals surface area contributed by atoms with Crippen LogP contribution in [0.3, 0.4) is 0 Å². The molecule has 3 amide bonds. The van der Waals surface area contributed by atoms with Crippen molar-refractivity contribution in [2.45, 2.75) is 25.7 Å². The van der Waals surface area contributed by atoms with E-state index in [2.05, 4.69) is 5.32 Å². The molecule has 0 unspecified atom stereocenters. The van der Waals surface area contributed by atoms with E-state index < -0.39 is 11.8 Å². The molecule has 2 aliphatic rings. The summed E-state index contributed by atoms with van der Waals surface area (Å²) in [6.45, 7) is 1.48. The molecule has 0 radical (unpaired) electrons. The average molecular weight is 516 g/mol. The van der Waals surface area contributed by atoms with Gasteiger partial charge in [0.25, 0.3) is 17.7 Å². The summed E-state index contributed by atoms with van der Waals surface area (Å²) in [4.78, 5) is 42.0. The fraction of sp³-hybridized carbons (Fsp3) is 0.207. The van der Waals surface area contributed by atoms with Crippen LogP contribution in [0.1, 0.15) is 36.0 Å². The van der Waals surface area contributed by atoms with Gasteiger partial charge in [0, 0.05) is 24.3 Å². The third-order valence-electron chi connectivity index (χ3n) is 6.37. The fourth-order valence-electron chi connectivity index (χ4n) is 4.46. The van der Waals surface area contributed by atoms with Crippen LogP contribution in [0.25, 0.3) is 0 Å². The first-order valence-electron chi connectivity index (χ1n) is 12.3. The van der Waals surface area contributed by atoms with Crippen LogP contribution in [0.2, 0.25) is 0 Å². The van der Waals surface area contributed by atoms with E-state index in [1.54, 1.807) is 48.5 Å². The van der Waals surface area contributed by atoms with Crippen molar-refractivity contribution < 1.29 is 19.1 Å². The predicted molar refractivity (Wildman–Crippen MR) is 143 cm³/mol. The fourth-order valence-corrected chi connectivity index (χ4v) is 4.68. The predicted octanol–water partition coefficient (Wildman–Crippen LogP) is 5.93. The van der Waals surface area contributed by atoms with Gasteiger partial charge in [-0.15, -0.1) is 0 Å². The Morgan fingerprint density at radius 2 is 1.46 bits per heavy atom. The molecule has 0 saturated carbocycles. The highest BCUT2D eigenvalue weighted by atomic mass is 35.5. The number of nitrogens with zero attached hydrogens (tertiary/aromatic N) is 2. The lowest BCUT2D eigenvalue weighted by Crippen LogP contribution is -2.32. The van der Waals surface area contributed by atoms with Gasteiger partial charge in [-0.25, -0.2) is 4.90 Å². The van der Waals surface area contributed by atoms with Gasteiger partial charge in [0.2, 0.25) is 0 Å². The van der Waals surface area contributed by atoms with E-state index in [9.17, 15) is 14.4 Å². The highest BCUT2D eigenvalue weighted by Crippen LogP contribution is 2.32. The molecule has 0 atom stereocenters. The van der Waals surface area contributed by atoms with Gasteiger partial charge in [-0.05, 0) is 67.4 Å². The Labute approximate surface area is 220 Å². The molecule has 1 N–H and O–H groups in total. The quantitative estimate of drug-likeness (QED) is 0.411. The van der Waals surface area contributed by atoms with E-state index in [1.807, 2.05) is 35.2 Å². The molecule has 3 aromatic rings. The number of rotatable bonds is 6. The van der Waals surface area contributed by atoms with Crippen LogP contribution in [0, 0.1) is 0 Å². The van der Waals surface area contributed by atoms with Gasteiger partial charge in [-0.3, -0.25) is 14.4 Å². The molecule has 2 aliphatic heterocycles. The van der Waals surface area contributed by atoms with E-state index in [0.717, 1.165) is 43.7 Å². The molecule has 1 fully saturated rings. The van der Waals surface area contributed by atoms with E-state index in [0.29, 0.717) is 28.4 Å². The monoisotopic (exact) mass is 515 g/mol. The molecule has 1 saturated heterocycles. The van der Waals surface area contributed by atoms with Crippen molar-refractivity contribution in [3.63, 3.8) is 0 Å². The molecule has 7 nitrogen and oxygen atoms in total. The number of imide groups is 1. The van der Waals surface area contributed by atoms with Crippen LogP contribution >= 0.6 is 11.6 Å². The number of likely N-dealkylation sites (tertiary alicyclic amines) is 1. The van der Waals surface area contributed by atoms with Crippen molar-refractivity contribution >= 4 is 40.7 Å². The second kappa shape index (κ2) is 10.9. The highest BCUT2D eigenvalue weighted by molar-refractivity contribution is 6.53. The Balaban J connectivity index is 1.30. The van der Waals surface area contributed by atoms with Gasteiger partial charge >= 0.3 is 0 Å². The molecule has 0 spiro atoms. The number of para-hydroxylation sites is 1. The largest absolute Gasteiger partial charge is 0.457 e. The van der Waals surface area contributed by atoms with Gasteiger partial charge in [0.05, 0.1) is 5.69 Å². The normalized spacial score (nSPS) is 16.1. The number of benzene rings is 3. The highest BCUT2D eigenvalue weighted by Gasteiger charge is 2.39. The summed E-state index contributed by atoms with van der Waals surface area (Å²) in [5.74, 6) is 0.00576. The first kappa shape index (κ1) is 24.6. The molecule has 0 aromatic heterocycles. The first-order valence-corrected chi connectivity index (χ1v) is 12.7. The molecular weight excluding hydrogens is 490 g/mol. The number of carbonyl (C=O) groups excluding carboxylic acids is 3. The third-order valence-corrected chi connectivity index (χ3v) is 6.72. The van der Waals surface area contributed by atoms with Crippen molar-refractivity contribution in [2.24, 2.45) is 0 Å². The number of anilines is 2. The second-order valence-corrected chi connectivity index (χ2v) is 9.33. The van der Waals surface area contributed by atoms with Crippen molar-refractivity contribution in [1.29, 1.82) is 0 Å². The third kappa shape index (κ3) is 5.37. The van der Waals surface area contributed by atoms with Gasteiger partial charge < -0.3 is 15.0 Å². The lowest BCUT2D eigenvalue weighted by molar-refractivity contribution is -0.120. The van der Waals surface area contributed by atoms with Crippen LogP contribution in [0.15, 0.2) is 89.6 Å². The summed E-state index contributed by atoms with van der Waals surface area (Å²) in [7, 11) is 0. The molecule has 3 aromatic carbocycles. The van der Waals surface area contributed by atoms with E-state index in [-0.39, 0.29) is 16.6 Å². The molecule has 0 aliphatic carbocycles.